The zero-order valence-electron chi connectivity index (χ0n) is 30.9. The Hall–Kier alpha value is -3.03. The zero-order chi connectivity index (χ0) is 36.4. The van der Waals surface area contributed by atoms with E-state index in [2.05, 4.69) is 23.6 Å². The van der Waals surface area contributed by atoms with Crippen molar-refractivity contribution in [3.8, 4) is 0 Å². The predicted octanol–water partition coefficient (Wildman–Crippen LogP) is 2.99. The molecule has 0 bridgehead atoms. The SMILES string of the molecule is CCCCCC(OC(=O)C[N+](C)(C)CCOC(C)=O)C(O)CC=CCCCCCCCC(=O)NCNC(=O)C[N+](C)(C)CCOC(C)=O. The average molecular weight is 687 g/mol. The number of carbonyl (C=O) groups excluding carboxylic acids is 5. The fourth-order valence-electron chi connectivity index (χ4n) is 4.87. The van der Waals surface area contributed by atoms with Crippen molar-refractivity contribution in [2.24, 2.45) is 0 Å². The largest absolute Gasteiger partial charge is 0.460 e. The fourth-order valence-corrected chi connectivity index (χ4v) is 4.87. The van der Waals surface area contributed by atoms with E-state index in [1.54, 1.807) is 0 Å². The Morgan fingerprint density at radius 2 is 1.29 bits per heavy atom. The number of hydrogen-bond donors (Lipinski definition) is 3. The molecule has 0 heterocycles. The first-order valence-electron chi connectivity index (χ1n) is 17.5. The molecule has 13 heteroatoms. The van der Waals surface area contributed by atoms with Crippen LogP contribution < -0.4 is 10.6 Å². The van der Waals surface area contributed by atoms with Crippen LogP contribution in [-0.4, -0.2) is 130 Å². The Bertz CT molecular complexity index is 985. The highest BCUT2D eigenvalue weighted by atomic mass is 16.6. The maximum absolute atomic E-state index is 12.7. The summed E-state index contributed by atoms with van der Waals surface area (Å²) in [5.74, 6) is -1.36. The number of nitrogens with zero attached hydrogens (tertiary/aromatic N) is 2. The van der Waals surface area contributed by atoms with Gasteiger partial charge >= 0.3 is 17.9 Å². The second kappa shape index (κ2) is 25.9. The highest BCUT2D eigenvalue weighted by molar-refractivity contribution is 5.79. The van der Waals surface area contributed by atoms with Crippen molar-refractivity contribution in [2.45, 2.75) is 110 Å². The van der Waals surface area contributed by atoms with Crippen molar-refractivity contribution in [1.82, 2.24) is 10.6 Å². The van der Waals surface area contributed by atoms with Gasteiger partial charge in [-0.2, -0.15) is 0 Å². The lowest BCUT2D eigenvalue weighted by Crippen LogP contribution is -2.50. The molecular weight excluding hydrogens is 620 g/mol. The van der Waals surface area contributed by atoms with Crippen LogP contribution in [0.1, 0.15) is 97.8 Å². The molecule has 0 spiro atoms. The molecule has 0 aromatic carbocycles. The number of unbranched alkanes of at least 4 members (excludes halogenated alkanes) is 7. The summed E-state index contributed by atoms with van der Waals surface area (Å²) in [6.07, 6.45) is 12.7. The smallest absolute Gasteiger partial charge is 0.362 e. The van der Waals surface area contributed by atoms with Gasteiger partial charge in [0.15, 0.2) is 13.1 Å². The Morgan fingerprint density at radius 3 is 1.90 bits per heavy atom. The molecule has 0 fully saturated rings. The first-order valence-corrected chi connectivity index (χ1v) is 17.5. The number of likely N-dealkylation sites (N-methyl/N-ethyl adjacent to an activating group) is 2. The van der Waals surface area contributed by atoms with Gasteiger partial charge in [-0.3, -0.25) is 19.2 Å². The van der Waals surface area contributed by atoms with Gasteiger partial charge in [0.05, 0.1) is 41.0 Å². The van der Waals surface area contributed by atoms with Crippen LogP contribution in [0.3, 0.4) is 0 Å². The van der Waals surface area contributed by atoms with Crippen LogP contribution in [0, 0.1) is 0 Å². The maximum atomic E-state index is 12.7. The quantitative estimate of drug-likeness (QED) is 0.0281. The molecule has 278 valence electrons. The highest BCUT2D eigenvalue weighted by Crippen LogP contribution is 2.16. The average Bonchev–Trinajstić information content (AvgIpc) is 2.96. The van der Waals surface area contributed by atoms with Gasteiger partial charge in [0, 0.05) is 20.3 Å². The topological polar surface area (TPSA) is 157 Å². The van der Waals surface area contributed by atoms with Gasteiger partial charge in [-0.05, 0) is 38.5 Å². The second-order valence-electron chi connectivity index (χ2n) is 13.8. The van der Waals surface area contributed by atoms with Crippen LogP contribution in [-0.2, 0) is 38.2 Å². The number of ether oxygens (including phenoxy) is 3. The van der Waals surface area contributed by atoms with Crippen molar-refractivity contribution >= 4 is 29.7 Å². The van der Waals surface area contributed by atoms with Gasteiger partial charge in [-0.15, -0.1) is 0 Å². The summed E-state index contributed by atoms with van der Waals surface area (Å²) >= 11 is 0. The molecule has 2 unspecified atom stereocenters. The molecule has 0 aromatic rings. The minimum Gasteiger partial charge on any atom is -0.460 e. The van der Waals surface area contributed by atoms with E-state index >= 15 is 0 Å². The first kappa shape index (κ1) is 45.0. The molecule has 0 aliphatic heterocycles. The van der Waals surface area contributed by atoms with E-state index in [9.17, 15) is 29.1 Å². The molecule has 13 nitrogen and oxygen atoms in total. The molecule has 0 radical (unpaired) electrons. The molecule has 0 aromatic heterocycles. The summed E-state index contributed by atoms with van der Waals surface area (Å²) in [7, 11) is 7.49. The van der Waals surface area contributed by atoms with Crippen molar-refractivity contribution < 1.29 is 52.3 Å². The molecular formula is C35H66N4O9+2. The molecule has 0 rings (SSSR count). The third-order valence-corrected chi connectivity index (χ3v) is 7.83. The number of quaternary nitrogens is 2. The number of esters is 3. The maximum Gasteiger partial charge on any atom is 0.362 e. The molecule has 2 amide bonds. The van der Waals surface area contributed by atoms with Gasteiger partial charge in [0.2, 0.25) is 5.91 Å². The summed E-state index contributed by atoms with van der Waals surface area (Å²) < 4.78 is 16.4. The van der Waals surface area contributed by atoms with E-state index < -0.39 is 12.2 Å². The van der Waals surface area contributed by atoms with Crippen molar-refractivity contribution in [3.05, 3.63) is 12.2 Å². The lowest BCUT2D eigenvalue weighted by atomic mass is 10.0. The summed E-state index contributed by atoms with van der Waals surface area (Å²) in [6.45, 7) is 6.70. The van der Waals surface area contributed by atoms with E-state index in [0.29, 0.717) is 41.3 Å². The number of aliphatic hydroxyl groups excluding tert-OH is 1. The number of amides is 2. The van der Waals surface area contributed by atoms with Crippen LogP contribution in [0.15, 0.2) is 12.2 Å². The normalized spacial score (nSPS) is 13.1. The Labute approximate surface area is 288 Å². The monoisotopic (exact) mass is 686 g/mol. The van der Waals surface area contributed by atoms with Crippen molar-refractivity contribution in [3.63, 3.8) is 0 Å². The third-order valence-electron chi connectivity index (χ3n) is 7.83. The van der Waals surface area contributed by atoms with E-state index in [0.717, 1.165) is 57.8 Å². The number of allylic oxidation sites excluding steroid dienone is 1. The van der Waals surface area contributed by atoms with Gasteiger partial charge in [-0.1, -0.05) is 51.2 Å². The Balaban J connectivity index is 4.21. The van der Waals surface area contributed by atoms with Crippen LogP contribution in [0.2, 0.25) is 0 Å². The van der Waals surface area contributed by atoms with E-state index in [1.165, 1.54) is 13.8 Å². The van der Waals surface area contributed by atoms with E-state index in [4.69, 9.17) is 14.2 Å². The highest BCUT2D eigenvalue weighted by Gasteiger charge is 2.27. The van der Waals surface area contributed by atoms with Crippen LogP contribution in [0.4, 0.5) is 0 Å². The Morgan fingerprint density at radius 1 is 0.729 bits per heavy atom. The van der Waals surface area contributed by atoms with Crippen molar-refractivity contribution in [1.29, 1.82) is 0 Å². The number of nitrogens with one attached hydrogen (secondary N) is 2. The predicted molar refractivity (Wildman–Crippen MR) is 184 cm³/mol. The standard InChI is InChI=1S/C35H64N4O9/c1-8-9-16-20-32(48-35(45)27-39(6,7)23-25-47-30(3)41)31(42)19-17-14-12-10-11-13-15-18-21-33(43)36-28-37-34(44)26-38(4,5)22-24-46-29(2)40/h14,17,31-32,42H,8-13,15-16,18-28H2,1-7H3/p+2. The minimum absolute atomic E-state index is 0.0844. The summed E-state index contributed by atoms with van der Waals surface area (Å²) in [4.78, 5) is 58.9. The first-order chi connectivity index (χ1) is 22.6. The molecule has 0 aliphatic carbocycles. The van der Waals surface area contributed by atoms with Crippen molar-refractivity contribution in [2.75, 3.05) is 74.3 Å². The van der Waals surface area contributed by atoms with Gasteiger partial charge in [0.1, 0.15) is 32.4 Å². The number of hydrogen-bond acceptors (Lipinski definition) is 9. The molecule has 0 saturated carbocycles. The summed E-state index contributed by atoms with van der Waals surface area (Å²) in [5.41, 5.74) is 0. The lowest BCUT2D eigenvalue weighted by molar-refractivity contribution is -0.883. The summed E-state index contributed by atoms with van der Waals surface area (Å²) in [5, 5.41) is 16.2. The van der Waals surface area contributed by atoms with Gasteiger partial charge in [-0.25, -0.2) is 4.79 Å². The summed E-state index contributed by atoms with van der Waals surface area (Å²) in [6, 6.07) is 0. The Kier molecular flexibility index (Phi) is 24.3. The third kappa shape index (κ3) is 27.0. The molecule has 0 aliphatic rings. The molecule has 3 N–H and O–H groups in total. The van der Waals surface area contributed by atoms with Crippen LogP contribution >= 0.6 is 0 Å². The fraction of sp³-hybridized carbons (Fsp3) is 0.800. The van der Waals surface area contributed by atoms with Gasteiger partial charge < -0.3 is 38.9 Å². The minimum atomic E-state index is -0.775. The molecule has 2 atom stereocenters. The number of rotatable bonds is 28. The number of carbonyl (C=O) groups is 5. The lowest BCUT2D eigenvalue weighted by Gasteiger charge is -2.30. The molecule has 0 saturated heterocycles. The number of aliphatic hydroxyl groups is 1. The van der Waals surface area contributed by atoms with E-state index in [-0.39, 0.29) is 62.7 Å². The second-order valence-corrected chi connectivity index (χ2v) is 13.8. The van der Waals surface area contributed by atoms with Crippen LogP contribution in [0.25, 0.3) is 0 Å². The zero-order valence-corrected chi connectivity index (χ0v) is 30.9. The van der Waals surface area contributed by atoms with E-state index in [1.807, 2.05) is 34.3 Å². The van der Waals surface area contributed by atoms with Crippen LogP contribution in [0.5, 0.6) is 0 Å². The van der Waals surface area contributed by atoms with Gasteiger partial charge in [0.25, 0.3) is 5.91 Å². The molecule has 48 heavy (non-hydrogen) atoms.